The third-order valence-electron chi connectivity index (χ3n) is 4.24. The van der Waals surface area contributed by atoms with E-state index in [1.54, 1.807) is 12.1 Å². The van der Waals surface area contributed by atoms with Crippen molar-refractivity contribution >= 4 is 23.0 Å². The van der Waals surface area contributed by atoms with Gasteiger partial charge in [-0.1, -0.05) is 41.9 Å². The first-order valence-corrected chi connectivity index (χ1v) is 7.77. The lowest BCUT2D eigenvalue weighted by molar-refractivity contribution is -0.384. The molecule has 2 aromatic rings. The maximum absolute atomic E-state index is 11.2. The summed E-state index contributed by atoms with van der Waals surface area (Å²) in [5, 5.41) is 11.6. The van der Waals surface area contributed by atoms with Crippen LogP contribution in [0.25, 0.3) is 0 Å². The van der Waals surface area contributed by atoms with E-state index in [9.17, 15) is 10.1 Å². The molecule has 2 aromatic carbocycles. The van der Waals surface area contributed by atoms with Gasteiger partial charge in [-0.05, 0) is 36.5 Å². The van der Waals surface area contributed by atoms with Crippen LogP contribution in [-0.4, -0.2) is 18.0 Å². The summed E-state index contributed by atoms with van der Waals surface area (Å²) < 4.78 is 0. The zero-order valence-electron chi connectivity index (χ0n) is 12.1. The summed E-state index contributed by atoms with van der Waals surface area (Å²) in [6.45, 7) is 1.64. The Bertz CT molecular complexity index is 668. The summed E-state index contributed by atoms with van der Waals surface area (Å²) in [6, 6.07) is 15.4. The van der Waals surface area contributed by atoms with Crippen molar-refractivity contribution < 1.29 is 4.92 Å². The van der Waals surface area contributed by atoms with Crippen molar-refractivity contribution in [1.29, 1.82) is 0 Å². The molecular formula is C17H17ClN2O2. The maximum Gasteiger partial charge on any atom is 0.294 e. The van der Waals surface area contributed by atoms with Crippen molar-refractivity contribution in [1.82, 2.24) is 0 Å². The van der Waals surface area contributed by atoms with Crippen LogP contribution in [0.2, 0.25) is 5.02 Å². The second-order valence-electron chi connectivity index (χ2n) is 5.56. The molecular weight excluding hydrogens is 300 g/mol. The fraction of sp³-hybridized carbons (Fsp3) is 0.294. The van der Waals surface area contributed by atoms with Crippen molar-refractivity contribution in [2.45, 2.75) is 18.8 Å². The molecule has 1 fully saturated rings. The van der Waals surface area contributed by atoms with Gasteiger partial charge in [-0.3, -0.25) is 10.1 Å². The van der Waals surface area contributed by atoms with Crippen LogP contribution in [0.1, 0.15) is 24.3 Å². The molecule has 22 heavy (non-hydrogen) atoms. The highest BCUT2D eigenvalue weighted by atomic mass is 35.5. The van der Waals surface area contributed by atoms with Crippen LogP contribution in [-0.2, 0) is 0 Å². The summed E-state index contributed by atoms with van der Waals surface area (Å²) in [5.74, 6) is 0.531. The fourth-order valence-electron chi connectivity index (χ4n) is 3.09. The van der Waals surface area contributed by atoms with Crippen LogP contribution < -0.4 is 4.90 Å². The minimum atomic E-state index is -0.357. The van der Waals surface area contributed by atoms with E-state index >= 15 is 0 Å². The Kier molecular flexibility index (Phi) is 4.29. The van der Waals surface area contributed by atoms with Gasteiger partial charge >= 0.3 is 0 Å². The third-order valence-corrected chi connectivity index (χ3v) is 4.48. The van der Waals surface area contributed by atoms with Crippen molar-refractivity contribution in [3.05, 3.63) is 69.2 Å². The van der Waals surface area contributed by atoms with Gasteiger partial charge in [0.15, 0.2) is 0 Å². The normalized spacial score (nSPS) is 15.8. The van der Waals surface area contributed by atoms with Crippen molar-refractivity contribution in [3.63, 3.8) is 0 Å². The van der Waals surface area contributed by atoms with E-state index in [-0.39, 0.29) is 10.6 Å². The molecule has 114 valence electrons. The van der Waals surface area contributed by atoms with E-state index in [0.717, 1.165) is 25.9 Å². The lowest BCUT2D eigenvalue weighted by atomic mass is 9.89. The maximum atomic E-state index is 11.2. The number of benzene rings is 2. The molecule has 0 spiro atoms. The summed E-state index contributed by atoms with van der Waals surface area (Å²) >= 11 is 5.88. The molecule has 0 saturated carbocycles. The lowest BCUT2D eigenvalue weighted by Crippen LogP contribution is -2.33. The van der Waals surface area contributed by atoms with Gasteiger partial charge in [0, 0.05) is 24.2 Å². The van der Waals surface area contributed by atoms with Gasteiger partial charge in [0.05, 0.1) is 4.92 Å². The van der Waals surface area contributed by atoms with Crippen molar-refractivity contribution in [3.8, 4) is 0 Å². The van der Waals surface area contributed by atoms with Crippen molar-refractivity contribution in [2.24, 2.45) is 0 Å². The molecule has 0 amide bonds. The minimum absolute atomic E-state index is 0.0886. The molecule has 0 atom stereocenters. The summed E-state index contributed by atoms with van der Waals surface area (Å²) in [5.41, 5.74) is 2.11. The molecule has 0 aliphatic carbocycles. The van der Waals surface area contributed by atoms with Gasteiger partial charge < -0.3 is 4.90 Å². The monoisotopic (exact) mass is 316 g/mol. The average Bonchev–Trinajstić information content (AvgIpc) is 2.56. The van der Waals surface area contributed by atoms with E-state index in [1.807, 2.05) is 6.07 Å². The number of hydrogen-bond donors (Lipinski definition) is 0. The number of anilines is 1. The highest BCUT2D eigenvalue weighted by molar-refractivity contribution is 6.30. The van der Waals surface area contributed by atoms with E-state index in [1.165, 1.54) is 11.6 Å². The van der Waals surface area contributed by atoms with Gasteiger partial charge in [0.1, 0.15) is 5.69 Å². The van der Waals surface area contributed by atoms with Crippen LogP contribution in [0.4, 0.5) is 11.4 Å². The fourth-order valence-corrected chi connectivity index (χ4v) is 3.26. The quantitative estimate of drug-likeness (QED) is 0.612. The van der Waals surface area contributed by atoms with E-state index in [2.05, 4.69) is 29.2 Å². The number of halogens is 1. The number of hydrogen-bond acceptors (Lipinski definition) is 3. The Morgan fingerprint density at radius 3 is 2.41 bits per heavy atom. The average molecular weight is 317 g/mol. The molecule has 0 N–H and O–H groups in total. The Hall–Kier alpha value is -2.07. The zero-order chi connectivity index (χ0) is 15.5. The summed E-state index contributed by atoms with van der Waals surface area (Å²) in [7, 11) is 0. The number of nitro groups is 1. The topological polar surface area (TPSA) is 46.4 Å². The molecule has 0 radical (unpaired) electrons. The van der Waals surface area contributed by atoms with Crippen LogP contribution in [0, 0.1) is 10.1 Å². The first-order chi connectivity index (χ1) is 10.6. The number of nitro benzene ring substituents is 1. The predicted molar refractivity (Wildman–Crippen MR) is 88.7 cm³/mol. The predicted octanol–water partition coefficient (Wildman–Crippen LogP) is 4.63. The molecule has 1 aliphatic heterocycles. The first-order valence-electron chi connectivity index (χ1n) is 7.39. The number of rotatable bonds is 3. The van der Waals surface area contributed by atoms with E-state index < -0.39 is 0 Å². The van der Waals surface area contributed by atoms with Crippen LogP contribution in [0.5, 0.6) is 0 Å². The number of nitrogens with zero attached hydrogens (tertiary/aromatic N) is 2. The minimum Gasteiger partial charge on any atom is -0.366 e. The van der Waals surface area contributed by atoms with Gasteiger partial charge in [-0.15, -0.1) is 0 Å². The number of piperidine rings is 1. The van der Waals surface area contributed by atoms with E-state index in [4.69, 9.17) is 11.6 Å². The van der Waals surface area contributed by atoms with Gasteiger partial charge in [-0.25, -0.2) is 0 Å². The highest BCUT2D eigenvalue weighted by Gasteiger charge is 2.25. The molecule has 0 bridgehead atoms. The molecule has 5 heteroatoms. The molecule has 1 aliphatic rings. The lowest BCUT2D eigenvalue weighted by Gasteiger charge is -2.33. The molecule has 0 unspecified atom stereocenters. The van der Waals surface area contributed by atoms with Gasteiger partial charge in [0.2, 0.25) is 0 Å². The second kappa shape index (κ2) is 6.36. The van der Waals surface area contributed by atoms with Crippen LogP contribution >= 0.6 is 11.6 Å². The summed E-state index contributed by atoms with van der Waals surface area (Å²) in [6.07, 6.45) is 2.01. The zero-order valence-corrected chi connectivity index (χ0v) is 12.9. The summed E-state index contributed by atoms with van der Waals surface area (Å²) in [4.78, 5) is 13.0. The Balaban J connectivity index is 1.76. The first kappa shape index (κ1) is 14.9. The van der Waals surface area contributed by atoms with Crippen LogP contribution in [0.15, 0.2) is 48.5 Å². The van der Waals surface area contributed by atoms with Gasteiger partial charge in [0.25, 0.3) is 5.69 Å². The van der Waals surface area contributed by atoms with Crippen LogP contribution in [0.3, 0.4) is 0 Å². The smallest absolute Gasteiger partial charge is 0.294 e. The molecule has 0 aromatic heterocycles. The molecule has 1 saturated heterocycles. The Morgan fingerprint density at radius 2 is 1.77 bits per heavy atom. The molecule has 1 heterocycles. The second-order valence-corrected chi connectivity index (χ2v) is 6.00. The molecule has 4 nitrogen and oxygen atoms in total. The largest absolute Gasteiger partial charge is 0.366 e. The highest BCUT2D eigenvalue weighted by Crippen LogP contribution is 2.35. The Labute approximate surface area is 134 Å². The van der Waals surface area contributed by atoms with E-state index in [0.29, 0.717) is 16.6 Å². The molecule has 3 rings (SSSR count). The van der Waals surface area contributed by atoms with Crippen molar-refractivity contribution in [2.75, 3.05) is 18.0 Å². The third kappa shape index (κ3) is 3.07. The SMILES string of the molecule is O=[N+]([O-])c1cc(Cl)ccc1N1CCC(c2ccccc2)CC1. The standard InChI is InChI=1S/C17H17ClN2O2/c18-15-6-7-16(17(12-15)20(21)22)19-10-8-14(9-11-19)13-4-2-1-3-5-13/h1-7,12,14H,8-11H2. The Morgan fingerprint density at radius 1 is 1.09 bits per heavy atom. The van der Waals surface area contributed by atoms with Gasteiger partial charge in [-0.2, -0.15) is 0 Å².